The van der Waals surface area contributed by atoms with E-state index in [1.807, 2.05) is 0 Å². The maximum atomic E-state index is 2.67. The van der Waals surface area contributed by atoms with Gasteiger partial charge in [-0.1, -0.05) is 243 Å². The Labute approximate surface area is 512 Å². The summed E-state index contributed by atoms with van der Waals surface area (Å²) in [6.07, 6.45) is 7.77. The molecular weight excluding hydrogens is 1050 g/mol. The summed E-state index contributed by atoms with van der Waals surface area (Å²) in [7, 11) is 0. The van der Waals surface area contributed by atoms with Crippen molar-refractivity contribution in [2.45, 2.75) is 88.4 Å². The molecule has 7 aliphatic carbocycles. The first-order valence-corrected chi connectivity index (χ1v) is 31.5. The highest BCUT2D eigenvalue weighted by Crippen LogP contribution is 2.67. The molecule has 87 heavy (non-hydrogen) atoms. The molecule has 2 atom stereocenters. The van der Waals surface area contributed by atoms with Gasteiger partial charge in [-0.25, -0.2) is 0 Å². The predicted octanol–water partition coefficient (Wildman–Crippen LogP) is 21.7. The Morgan fingerprint density at radius 2 is 0.552 bits per heavy atom. The first-order valence-electron chi connectivity index (χ1n) is 31.5. The molecular formula is C85H68N2. The van der Waals surface area contributed by atoms with Gasteiger partial charge in [0.2, 0.25) is 0 Å². The summed E-state index contributed by atoms with van der Waals surface area (Å²) in [5, 5.41) is 0. The Kier molecular flexibility index (Phi) is 10.1. The Morgan fingerprint density at radius 3 is 0.920 bits per heavy atom. The fourth-order valence-electron chi connectivity index (χ4n) is 18.2. The van der Waals surface area contributed by atoms with E-state index >= 15 is 0 Å². The average Bonchev–Trinajstić information content (AvgIpc) is 1.53. The molecule has 0 heterocycles. The fourth-order valence-corrected chi connectivity index (χ4v) is 18.2. The average molecular weight is 1120 g/mol. The third-order valence-corrected chi connectivity index (χ3v) is 22.3. The van der Waals surface area contributed by atoms with Crippen molar-refractivity contribution in [3.8, 4) is 55.6 Å². The second-order valence-electron chi connectivity index (χ2n) is 27.9. The molecule has 2 nitrogen and oxygen atoms in total. The predicted molar refractivity (Wildman–Crippen MR) is 362 cm³/mol. The lowest BCUT2D eigenvalue weighted by atomic mass is 9.65. The van der Waals surface area contributed by atoms with Crippen molar-refractivity contribution in [1.29, 1.82) is 0 Å². The standard InChI is InChI=1S/C85H68N2/c1-81(2)69-27-15-9-21-57(69)63-39-33-53(47-77(63)81)86(54-34-40-64-58-22-10-16-28-70(58)82(3,4)78(64)48-54)51-37-43-75-67(45-51)68-46-52(38-44-76(68)85(75)73-31-19-13-25-61(73)62-26-14-20-32-74(62)85)87(55-35-41-65-59-23-11-17-29-71(59)83(5,6)79(65)49-55)56-36-42-66-60-24-12-18-30-72(60)84(7,8)80(66)50-56/h9-50,67,75H,1-8H3. The van der Waals surface area contributed by atoms with Crippen LogP contribution in [0.25, 0.3) is 55.6 Å². The molecule has 11 aromatic rings. The van der Waals surface area contributed by atoms with Crippen molar-refractivity contribution in [1.82, 2.24) is 0 Å². The zero-order valence-corrected chi connectivity index (χ0v) is 50.8. The lowest BCUT2D eigenvalue weighted by Gasteiger charge is -2.38. The van der Waals surface area contributed by atoms with Crippen molar-refractivity contribution >= 4 is 28.4 Å². The van der Waals surface area contributed by atoms with E-state index in [-0.39, 0.29) is 33.5 Å². The number of nitrogens with zero attached hydrogens (tertiary/aromatic N) is 2. The van der Waals surface area contributed by atoms with Crippen molar-refractivity contribution in [2.75, 3.05) is 9.80 Å². The van der Waals surface area contributed by atoms with Crippen LogP contribution in [0, 0.1) is 5.92 Å². The lowest BCUT2D eigenvalue weighted by Crippen LogP contribution is -2.33. The monoisotopic (exact) mass is 1120 g/mol. The topological polar surface area (TPSA) is 6.48 Å². The van der Waals surface area contributed by atoms with Gasteiger partial charge in [0.25, 0.3) is 0 Å². The second kappa shape index (κ2) is 17.4. The van der Waals surface area contributed by atoms with Gasteiger partial charge in [-0.2, -0.15) is 0 Å². The van der Waals surface area contributed by atoms with Gasteiger partial charge in [-0.3, -0.25) is 0 Å². The van der Waals surface area contributed by atoms with Crippen LogP contribution in [-0.2, 0) is 27.1 Å². The second-order valence-corrected chi connectivity index (χ2v) is 27.9. The number of benzene rings is 11. The smallest absolute Gasteiger partial charge is 0.0537 e. The van der Waals surface area contributed by atoms with Gasteiger partial charge in [0, 0.05) is 67.6 Å². The van der Waals surface area contributed by atoms with Crippen molar-refractivity contribution < 1.29 is 0 Å². The third-order valence-electron chi connectivity index (χ3n) is 22.3. The molecule has 0 N–H and O–H groups in total. The summed E-state index contributed by atoms with van der Waals surface area (Å²) >= 11 is 0. The fraction of sp³-hybridized carbons (Fsp3) is 0.176. The van der Waals surface area contributed by atoms with E-state index in [1.165, 1.54) is 139 Å². The highest BCUT2D eigenvalue weighted by molar-refractivity contribution is 5.92. The number of hydrogen-bond donors (Lipinski definition) is 0. The molecule has 11 aromatic carbocycles. The van der Waals surface area contributed by atoms with E-state index in [9.17, 15) is 0 Å². The number of allylic oxidation sites excluding steroid dienone is 3. The molecule has 2 unspecified atom stereocenters. The van der Waals surface area contributed by atoms with E-state index in [2.05, 4.69) is 320 Å². The van der Waals surface area contributed by atoms with E-state index < -0.39 is 5.41 Å². The van der Waals surface area contributed by atoms with E-state index in [1.54, 1.807) is 0 Å². The van der Waals surface area contributed by atoms with E-state index in [4.69, 9.17) is 0 Å². The highest BCUT2D eigenvalue weighted by Gasteiger charge is 2.58. The Morgan fingerprint density at radius 1 is 0.264 bits per heavy atom. The maximum Gasteiger partial charge on any atom is 0.0537 e. The molecule has 418 valence electrons. The molecule has 0 saturated heterocycles. The van der Waals surface area contributed by atoms with Gasteiger partial charge >= 0.3 is 0 Å². The molecule has 0 saturated carbocycles. The van der Waals surface area contributed by atoms with Crippen molar-refractivity contribution in [3.63, 3.8) is 0 Å². The normalized spacial score (nSPS) is 18.8. The molecule has 0 aromatic heterocycles. The third kappa shape index (κ3) is 6.56. The Hall–Kier alpha value is -9.50. The van der Waals surface area contributed by atoms with Crippen molar-refractivity contribution in [3.05, 3.63) is 327 Å². The van der Waals surface area contributed by atoms with Crippen LogP contribution in [0.3, 0.4) is 0 Å². The van der Waals surface area contributed by atoms with Gasteiger partial charge in [-0.05, 0) is 189 Å². The molecule has 7 aliphatic rings. The van der Waals surface area contributed by atoms with E-state index in [0.717, 1.165) is 17.1 Å². The maximum absolute atomic E-state index is 2.67. The van der Waals surface area contributed by atoms with Crippen LogP contribution < -0.4 is 9.80 Å². The molecule has 0 aliphatic heterocycles. The summed E-state index contributed by atoms with van der Waals surface area (Å²) in [5.41, 5.74) is 35.8. The van der Waals surface area contributed by atoms with Crippen LogP contribution in [-0.4, -0.2) is 0 Å². The zero-order chi connectivity index (χ0) is 58.7. The number of hydrogen-bond acceptors (Lipinski definition) is 2. The van der Waals surface area contributed by atoms with Gasteiger partial charge in [-0.15, -0.1) is 0 Å². The number of rotatable bonds is 6. The molecule has 2 heteroatoms. The van der Waals surface area contributed by atoms with Crippen LogP contribution >= 0.6 is 0 Å². The van der Waals surface area contributed by atoms with Crippen LogP contribution in [0.15, 0.2) is 261 Å². The molecule has 18 rings (SSSR count). The minimum atomic E-state index is -0.431. The Bertz CT molecular complexity index is 4660. The summed E-state index contributed by atoms with van der Waals surface area (Å²) in [6, 6.07) is 91.5. The summed E-state index contributed by atoms with van der Waals surface area (Å²) in [4.78, 5) is 5.18. The highest BCUT2D eigenvalue weighted by atomic mass is 15.2. The SMILES string of the molecule is CC1(C)c2ccccc2-c2ccc(N(C3=CC4c5cc(N(c6ccc7c(c6)C(C)(C)c6ccccc6-7)c6ccc7c(c6)C(C)(C)c6ccccc6-7)ccc5C5(c6ccccc6-c6ccccc65)C4C=C3)c3ccc4c(c3)C(C)(C)c3ccccc3-4)cc21. The van der Waals surface area contributed by atoms with Crippen LogP contribution in [0.5, 0.6) is 0 Å². The van der Waals surface area contributed by atoms with Gasteiger partial charge in [0.1, 0.15) is 0 Å². The van der Waals surface area contributed by atoms with Crippen molar-refractivity contribution in [2.24, 2.45) is 5.92 Å². The first kappa shape index (κ1) is 50.8. The first-order chi connectivity index (χ1) is 42.2. The minimum Gasteiger partial charge on any atom is -0.311 e. The van der Waals surface area contributed by atoms with Gasteiger partial charge in [0.05, 0.1) is 5.41 Å². The Balaban J connectivity index is 0.866. The summed E-state index contributed by atoms with van der Waals surface area (Å²) < 4.78 is 0. The molecule has 0 bridgehead atoms. The van der Waals surface area contributed by atoms with E-state index in [0.29, 0.717) is 0 Å². The molecule has 0 amide bonds. The van der Waals surface area contributed by atoms with Gasteiger partial charge in [0.15, 0.2) is 0 Å². The lowest BCUT2D eigenvalue weighted by molar-refractivity contribution is 0.463. The summed E-state index contributed by atoms with van der Waals surface area (Å²) in [5.74, 6) is 0.0998. The van der Waals surface area contributed by atoms with Crippen LogP contribution in [0.4, 0.5) is 28.4 Å². The summed E-state index contributed by atoms with van der Waals surface area (Å²) in [6.45, 7) is 19.2. The number of anilines is 5. The van der Waals surface area contributed by atoms with Crippen LogP contribution in [0.1, 0.15) is 128 Å². The molecule has 0 fully saturated rings. The minimum absolute atomic E-state index is 0.00987. The largest absolute Gasteiger partial charge is 0.311 e. The molecule has 0 radical (unpaired) electrons. The zero-order valence-electron chi connectivity index (χ0n) is 50.8. The molecule has 1 spiro atoms. The van der Waals surface area contributed by atoms with Gasteiger partial charge < -0.3 is 9.80 Å². The van der Waals surface area contributed by atoms with Crippen LogP contribution in [0.2, 0.25) is 0 Å². The number of fused-ring (bicyclic) bond motifs is 22. The quantitative estimate of drug-likeness (QED) is 0.164.